The normalized spacial score (nSPS) is 14.6. The van der Waals surface area contributed by atoms with Crippen LogP contribution in [0.2, 0.25) is 0 Å². The molecule has 0 fully saturated rings. The van der Waals surface area contributed by atoms with E-state index in [0.717, 1.165) is 3.07 Å². The van der Waals surface area contributed by atoms with Gasteiger partial charge in [0.25, 0.3) is 0 Å². The van der Waals surface area contributed by atoms with Crippen molar-refractivity contribution in [1.29, 1.82) is 0 Å². The van der Waals surface area contributed by atoms with Gasteiger partial charge >= 0.3 is 76.8 Å². The number of hydrogen-bond acceptors (Lipinski definition) is 2. The van der Waals surface area contributed by atoms with Crippen molar-refractivity contribution < 1.29 is 29.7 Å². The Bertz CT molecular complexity index is 313. The quantitative estimate of drug-likeness (QED) is 0.653. The summed E-state index contributed by atoms with van der Waals surface area (Å²) in [5, 5.41) is 0. The summed E-state index contributed by atoms with van der Waals surface area (Å²) in [5.41, 5.74) is 0.679. The van der Waals surface area contributed by atoms with E-state index in [4.69, 9.17) is 10.9 Å². The Kier molecular flexibility index (Phi) is 1.89. The van der Waals surface area contributed by atoms with Gasteiger partial charge in [0.05, 0.1) is 0 Å². The predicted octanol–water partition coefficient (Wildman–Crippen LogP) is 1.17. The summed E-state index contributed by atoms with van der Waals surface area (Å²) >= 11 is -2.74. The molecule has 0 radical (unpaired) electrons. The summed E-state index contributed by atoms with van der Waals surface area (Å²) in [6.45, 7) is 0. The van der Waals surface area contributed by atoms with E-state index in [1.54, 1.807) is 6.07 Å². The third-order valence-corrected chi connectivity index (χ3v) is 12.0. The van der Waals surface area contributed by atoms with Gasteiger partial charge in [-0.3, -0.25) is 0 Å². The first kappa shape index (κ1) is 7.56. The molecule has 1 heterocycles. The Morgan fingerprint density at radius 1 is 1.36 bits per heavy atom. The Balaban J connectivity index is 2.60. The topological polar surface area (TPSA) is 26.3 Å². The molecule has 2 rings (SSSR count). The Hall–Kier alpha value is -0.0849. The van der Waals surface area contributed by atoms with Gasteiger partial charge < -0.3 is 0 Å². The van der Waals surface area contributed by atoms with Crippen LogP contribution in [0.5, 0.6) is 0 Å². The predicted molar refractivity (Wildman–Crippen MR) is 37.3 cm³/mol. The number of rotatable bonds is 0. The number of hydrogen-bond donors (Lipinski definition) is 0. The summed E-state index contributed by atoms with van der Waals surface area (Å²) in [7, 11) is 5.93. The van der Waals surface area contributed by atoms with E-state index >= 15 is 0 Å². The molecule has 0 aliphatic carbocycles. The first-order chi connectivity index (χ1) is 5.29. The molecule has 1 aromatic rings. The second-order valence-corrected chi connectivity index (χ2v) is 13.8. The van der Waals surface area contributed by atoms with Crippen LogP contribution in [0.4, 0.5) is 0 Å². The summed E-state index contributed by atoms with van der Waals surface area (Å²) in [6, 6.07) is 7.37. The van der Waals surface area contributed by atoms with Gasteiger partial charge in [-0.15, -0.1) is 0 Å². The summed E-state index contributed by atoms with van der Waals surface area (Å²) in [4.78, 5) is 11.0. The third-order valence-electron chi connectivity index (χ3n) is 1.79. The maximum absolute atomic E-state index is 11.0. The van der Waals surface area contributed by atoms with Crippen LogP contribution in [0.25, 0.3) is 0 Å². The summed E-state index contributed by atoms with van der Waals surface area (Å²) in [5.74, 6) is -0.230. The second kappa shape index (κ2) is 2.75. The fraction of sp³-hybridized carbons (Fsp3) is 0. The fourth-order valence-corrected chi connectivity index (χ4v) is 9.68. The van der Waals surface area contributed by atoms with Gasteiger partial charge in [0.15, 0.2) is 0 Å². The molecule has 0 unspecified atom stereocenters. The van der Waals surface area contributed by atoms with Gasteiger partial charge in [0.1, 0.15) is 0 Å². The molecule has 1 aliphatic rings. The van der Waals surface area contributed by atoms with E-state index in [-0.39, 0.29) is 5.97 Å². The van der Waals surface area contributed by atoms with E-state index in [1.165, 1.54) is 0 Å². The minimum absolute atomic E-state index is 0.230. The van der Waals surface area contributed by atoms with Gasteiger partial charge in [-0.2, -0.15) is 0 Å². The van der Waals surface area contributed by atoms with Crippen LogP contribution in [0.1, 0.15) is 10.4 Å². The van der Waals surface area contributed by atoms with Crippen molar-refractivity contribution in [2.75, 3.05) is 0 Å². The summed E-state index contributed by atoms with van der Waals surface area (Å²) < 4.78 is 5.98. The van der Waals surface area contributed by atoms with E-state index in [1.807, 2.05) is 18.2 Å². The number of carbonyl (C=O) groups is 1. The maximum atomic E-state index is 11.0. The molecule has 0 saturated heterocycles. The number of fused-ring (bicyclic) bond motifs is 1. The second-order valence-electron chi connectivity index (χ2n) is 2.48. The van der Waals surface area contributed by atoms with Crippen molar-refractivity contribution in [3.05, 3.63) is 29.8 Å². The van der Waals surface area contributed by atoms with Gasteiger partial charge in [-0.25, -0.2) is 0 Å². The molecule has 0 atom stereocenters. The van der Waals surface area contributed by atoms with Crippen LogP contribution in [-0.2, 0) is 24.9 Å². The van der Waals surface area contributed by atoms with E-state index in [9.17, 15) is 4.79 Å². The van der Waals surface area contributed by atoms with Crippen molar-refractivity contribution in [2.24, 2.45) is 0 Å². The van der Waals surface area contributed by atoms with E-state index < -0.39 is 22.2 Å². The Morgan fingerprint density at radius 2 is 2.09 bits per heavy atom. The van der Waals surface area contributed by atoms with Crippen molar-refractivity contribution in [1.82, 2.24) is 0 Å². The first-order valence-electron chi connectivity index (χ1n) is 3.40. The molecular weight excluding hydrogens is 352 g/mol. The van der Waals surface area contributed by atoms with Crippen LogP contribution < -0.4 is 3.07 Å². The molecule has 0 bridgehead atoms. The molecule has 0 aromatic heterocycles. The molecule has 1 aliphatic heterocycles. The molecule has 54 valence electrons. The van der Waals surface area contributed by atoms with Crippen LogP contribution in [0.15, 0.2) is 24.3 Å². The third kappa shape index (κ3) is 1.18. The first-order valence-corrected chi connectivity index (χ1v) is 15.2. The Labute approximate surface area is 76.5 Å². The summed E-state index contributed by atoms with van der Waals surface area (Å²) in [6.07, 6.45) is 0. The molecule has 0 saturated carbocycles. The van der Waals surface area contributed by atoms with Crippen LogP contribution in [0.3, 0.4) is 0 Å². The number of benzene rings is 1. The average Bonchev–Trinajstić information content (AvgIpc) is 2.30. The van der Waals surface area contributed by atoms with Gasteiger partial charge in [0.2, 0.25) is 0 Å². The van der Waals surface area contributed by atoms with E-state index in [2.05, 4.69) is 0 Å². The SMILES string of the molecule is O=C1[O][Hg-]([Cl])[c]2ccccc21. The van der Waals surface area contributed by atoms with Gasteiger partial charge in [0, 0.05) is 0 Å². The molecule has 2 nitrogen and oxygen atoms in total. The molecule has 1 aromatic carbocycles. The molecule has 0 spiro atoms. The molecule has 4 heteroatoms. The van der Waals surface area contributed by atoms with Crippen molar-refractivity contribution in [3.63, 3.8) is 0 Å². The molecule has 0 amide bonds. The zero-order chi connectivity index (χ0) is 7.84. The zero-order valence-electron chi connectivity index (χ0n) is 5.71. The standard InChI is InChI=1S/C7H5O2.ClH.Hg/c8-7(9)6-4-2-1-3-5-6;;/h1-4H,(H,8,9);1H;/q;;+1/p-2. The van der Waals surface area contributed by atoms with Crippen molar-refractivity contribution in [2.45, 2.75) is 0 Å². The average molecular weight is 356 g/mol. The van der Waals surface area contributed by atoms with Crippen molar-refractivity contribution in [3.8, 4) is 0 Å². The zero-order valence-corrected chi connectivity index (χ0v) is 12.0. The Morgan fingerprint density at radius 3 is 2.82 bits per heavy atom. The monoisotopic (exact) mass is 357 g/mol. The van der Waals surface area contributed by atoms with Gasteiger partial charge in [-0.1, -0.05) is 0 Å². The van der Waals surface area contributed by atoms with E-state index in [0.29, 0.717) is 5.56 Å². The number of carbonyl (C=O) groups excluding carboxylic acids is 1. The molecule has 0 N–H and O–H groups in total. The fourth-order valence-electron chi connectivity index (χ4n) is 1.23. The van der Waals surface area contributed by atoms with Crippen LogP contribution in [-0.4, -0.2) is 5.97 Å². The number of halogens is 1. The van der Waals surface area contributed by atoms with Crippen molar-refractivity contribution >= 4 is 17.3 Å². The van der Waals surface area contributed by atoms with Gasteiger partial charge in [-0.05, 0) is 0 Å². The minimum atomic E-state index is -2.74. The molecular formula is C7H4ClHgO2-. The molecule has 11 heavy (non-hydrogen) atoms. The van der Waals surface area contributed by atoms with Crippen LogP contribution >= 0.6 is 8.25 Å². The van der Waals surface area contributed by atoms with Crippen LogP contribution in [0, 0.1) is 0 Å².